The number of aryl methyl sites for hydroxylation is 1. The van der Waals surface area contributed by atoms with E-state index in [-0.39, 0.29) is 5.91 Å². The Bertz CT molecular complexity index is 550. The number of hydrogen-bond donors (Lipinski definition) is 2. The minimum Gasteiger partial charge on any atom is -0.370 e. The van der Waals surface area contributed by atoms with Gasteiger partial charge in [0, 0.05) is 25.4 Å². The highest BCUT2D eigenvalue weighted by Crippen LogP contribution is 2.09. The third-order valence-electron chi connectivity index (χ3n) is 2.32. The smallest absolute Gasteiger partial charge is 0.258 e. The first kappa shape index (κ1) is 12.0. The third kappa shape index (κ3) is 2.62. The Labute approximate surface area is 104 Å². The molecule has 1 amide bonds. The third-order valence-corrected chi connectivity index (χ3v) is 2.32. The molecule has 7 heteroatoms. The lowest BCUT2D eigenvalue weighted by molar-refractivity contribution is 0.102. The Morgan fingerprint density at radius 2 is 2.28 bits per heavy atom. The molecule has 18 heavy (non-hydrogen) atoms. The first-order chi connectivity index (χ1) is 8.70. The summed E-state index contributed by atoms with van der Waals surface area (Å²) in [5.41, 5.74) is 0.518. The SMILES string of the molecule is CCNc1cc(C(=O)Nc2ncnn2C)ccn1. The van der Waals surface area contributed by atoms with Crippen LogP contribution in [0.25, 0.3) is 0 Å². The van der Waals surface area contributed by atoms with Crippen molar-refractivity contribution in [2.24, 2.45) is 7.05 Å². The standard InChI is InChI=1S/C11H14N6O/c1-3-12-9-6-8(4-5-13-9)10(18)16-11-14-7-15-17(11)2/h4-7H,3H2,1-2H3,(H,12,13)(H,14,15,16,18). The van der Waals surface area contributed by atoms with E-state index < -0.39 is 0 Å². The van der Waals surface area contributed by atoms with Gasteiger partial charge in [0.05, 0.1) is 0 Å². The number of hydrogen-bond acceptors (Lipinski definition) is 5. The summed E-state index contributed by atoms with van der Waals surface area (Å²) >= 11 is 0. The van der Waals surface area contributed by atoms with Crippen LogP contribution in [0.1, 0.15) is 17.3 Å². The highest BCUT2D eigenvalue weighted by molar-refractivity contribution is 6.03. The zero-order valence-corrected chi connectivity index (χ0v) is 10.2. The summed E-state index contributed by atoms with van der Waals surface area (Å²) < 4.78 is 1.49. The van der Waals surface area contributed by atoms with Crippen molar-refractivity contribution in [3.05, 3.63) is 30.2 Å². The number of amides is 1. The van der Waals surface area contributed by atoms with Crippen LogP contribution in [0.5, 0.6) is 0 Å². The zero-order chi connectivity index (χ0) is 13.0. The van der Waals surface area contributed by atoms with Gasteiger partial charge in [-0.25, -0.2) is 9.67 Å². The van der Waals surface area contributed by atoms with Crippen LogP contribution in [-0.2, 0) is 7.05 Å². The predicted molar refractivity (Wildman–Crippen MR) is 67.4 cm³/mol. The average Bonchev–Trinajstić information content (AvgIpc) is 2.76. The summed E-state index contributed by atoms with van der Waals surface area (Å²) in [4.78, 5) is 20.0. The van der Waals surface area contributed by atoms with Crippen molar-refractivity contribution >= 4 is 17.7 Å². The van der Waals surface area contributed by atoms with E-state index in [4.69, 9.17) is 0 Å². The van der Waals surface area contributed by atoms with Crippen LogP contribution in [-0.4, -0.2) is 32.2 Å². The number of pyridine rings is 1. The molecule has 0 aromatic carbocycles. The molecule has 0 saturated heterocycles. The topological polar surface area (TPSA) is 84.7 Å². The van der Waals surface area contributed by atoms with E-state index in [0.29, 0.717) is 17.3 Å². The average molecular weight is 246 g/mol. The van der Waals surface area contributed by atoms with E-state index in [0.717, 1.165) is 6.54 Å². The summed E-state index contributed by atoms with van der Waals surface area (Å²) in [7, 11) is 1.71. The second-order valence-corrected chi connectivity index (χ2v) is 3.62. The van der Waals surface area contributed by atoms with Crippen molar-refractivity contribution in [1.29, 1.82) is 0 Å². The Morgan fingerprint density at radius 3 is 2.94 bits per heavy atom. The predicted octanol–water partition coefficient (Wildman–Crippen LogP) is 0.894. The number of carbonyl (C=O) groups excluding carboxylic acids is 1. The zero-order valence-electron chi connectivity index (χ0n) is 10.2. The molecule has 2 rings (SSSR count). The first-order valence-electron chi connectivity index (χ1n) is 5.56. The van der Waals surface area contributed by atoms with E-state index in [1.165, 1.54) is 11.0 Å². The lowest BCUT2D eigenvalue weighted by atomic mass is 10.2. The van der Waals surface area contributed by atoms with Crippen LogP contribution < -0.4 is 10.6 Å². The van der Waals surface area contributed by atoms with E-state index in [1.807, 2.05) is 6.92 Å². The lowest BCUT2D eigenvalue weighted by Gasteiger charge is -2.06. The van der Waals surface area contributed by atoms with E-state index in [9.17, 15) is 4.79 Å². The van der Waals surface area contributed by atoms with Crippen molar-refractivity contribution in [3.8, 4) is 0 Å². The molecule has 0 aliphatic rings. The van der Waals surface area contributed by atoms with Gasteiger partial charge in [-0.3, -0.25) is 10.1 Å². The van der Waals surface area contributed by atoms with Gasteiger partial charge >= 0.3 is 0 Å². The minimum absolute atomic E-state index is 0.243. The van der Waals surface area contributed by atoms with E-state index in [2.05, 4.69) is 25.7 Å². The molecule has 0 radical (unpaired) electrons. The summed E-state index contributed by atoms with van der Waals surface area (Å²) in [5.74, 6) is 0.831. The number of nitrogens with one attached hydrogen (secondary N) is 2. The molecule has 0 spiro atoms. The summed E-state index contributed by atoms with van der Waals surface area (Å²) in [6, 6.07) is 3.34. The summed E-state index contributed by atoms with van der Waals surface area (Å²) in [6.45, 7) is 2.72. The molecular formula is C11H14N6O. The number of nitrogens with zero attached hydrogens (tertiary/aromatic N) is 4. The Hall–Kier alpha value is -2.44. The molecule has 7 nitrogen and oxygen atoms in total. The fraction of sp³-hybridized carbons (Fsp3) is 0.273. The van der Waals surface area contributed by atoms with Crippen LogP contribution in [0.2, 0.25) is 0 Å². The van der Waals surface area contributed by atoms with Gasteiger partial charge in [-0.2, -0.15) is 10.1 Å². The van der Waals surface area contributed by atoms with E-state index >= 15 is 0 Å². The van der Waals surface area contributed by atoms with Crippen LogP contribution in [0, 0.1) is 0 Å². The van der Waals surface area contributed by atoms with Gasteiger partial charge in [-0.1, -0.05) is 0 Å². The first-order valence-corrected chi connectivity index (χ1v) is 5.56. The molecule has 0 bridgehead atoms. The largest absolute Gasteiger partial charge is 0.370 e. The monoisotopic (exact) mass is 246 g/mol. The van der Waals surface area contributed by atoms with Crippen molar-refractivity contribution in [2.75, 3.05) is 17.2 Å². The number of aromatic nitrogens is 4. The molecule has 2 aromatic rings. The van der Waals surface area contributed by atoms with Crippen LogP contribution in [0.4, 0.5) is 11.8 Å². The second-order valence-electron chi connectivity index (χ2n) is 3.62. The maximum Gasteiger partial charge on any atom is 0.258 e. The minimum atomic E-state index is -0.243. The Kier molecular flexibility index (Phi) is 3.52. The highest BCUT2D eigenvalue weighted by atomic mass is 16.1. The van der Waals surface area contributed by atoms with Gasteiger partial charge in [-0.15, -0.1) is 0 Å². The molecule has 0 saturated carbocycles. The maximum absolute atomic E-state index is 12.0. The molecule has 0 unspecified atom stereocenters. The van der Waals surface area contributed by atoms with Gasteiger partial charge in [-0.05, 0) is 19.1 Å². The van der Waals surface area contributed by atoms with Crippen molar-refractivity contribution in [2.45, 2.75) is 6.92 Å². The maximum atomic E-state index is 12.0. The fourth-order valence-corrected chi connectivity index (χ4v) is 1.43. The molecule has 0 aliphatic heterocycles. The molecule has 2 heterocycles. The second kappa shape index (κ2) is 5.26. The lowest BCUT2D eigenvalue weighted by Crippen LogP contribution is -2.16. The van der Waals surface area contributed by atoms with Gasteiger partial charge in [0.15, 0.2) is 0 Å². The number of carbonyl (C=O) groups is 1. The molecule has 2 N–H and O–H groups in total. The Balaban J connectivity index is 2.14. The summed E-state index contributed by atoms with van der Waals surface area (Å²) in [6.07, 6.45) is 2.97. The van der Waals surface area contributed by atoms with Gasteiger partial charge in [0.2, 0.25) is 5.95 Å². The molecule has 0 atom stereocenters. The van der Waals surface area contributed by atoms with Gasteiger partial charge in [0.25, 0.3) is 5.91 Å². The Morgan fingerprint density at radius 1 is 1.44 bits per heavy atom. The quantitative estimate of drug-likeness (QED) is 0.837. The van der Waals surface area contributed by atoms with Crippen molar-refractivity contribution in [3.63, 3.8) is 0 Å². The molecule has 0 fully saturated rings. The van der Waals surface area contributed by atoms with E-state index in [1.54, 1.807) is 25.4 Å². The number of anilines is 2. The van der Waals surface area contributed by atoms with Crippen molar-refractivity contribution in [1.82, 2.24) is 19.7 Å². The molecular weight excluding hydrogens is 232 g/mol. The summed E-state index contributed by atoms with van der Waals surface area (Å²) in [5, 5.41) is 9.60. The normalized spacial score (nSPS) is 10.1. The number of rotatable bonds is 4. The molecule has 0 aliphatic carbocycles. The van der Waals surface area contributed by atoms with Crippen LogP contribution >= 0.6 is 0 Å². The van der Waals surface area contributed by atoms with Gasteiger partial charge < -0.3 is 5.32 Å². The molecule has 2 aromatic heterocycles. The van der Waals surface area contributed by atoms with Crippen molar-refractivity contribution < 1.29 is 4.79 Å². The van der Waals surface area contributed by atoms with Gasteiger partial charge in [0.1, 0.15) is 12.1 Å². The van der Waals surface area contributed by atoms with Crippen LogP contribution in [0.3, 0.4) is 0 Å². The highest BCUT2D eigenvalue weighted by Gasteiger charge is 2.09. The van der Waals surface area contributed by atoms with Crippen LogP contribution in [0.15, 0.2) is 24.7 Å². The fourth-order valence-electron chi connectivity index (χ4n) is 1.43. The molecule has 94 valence electrons.